The van der Waals surface area contributed by atoms with Crippen LogP contribution in [0.25, 0.3) is 0 Å². The minimum atomic E-state index is 0.00251. The summed E-state index contributed by atoms with van der Waals surface area (Å²) in [5, 5.41) is 9.02. The van der Waals surface area contributed by atoms with Crippen LogP contribution in [0, 0.1) is 13.8 Å². The number of amides is 1. The molecule has 2 heterocycles. The molecule has 8 heteroatoms. The smallest absolute Gasteiger partial charge is 0.225 e. The maximum atomic E-state index is 12.9. The quantitative estimate of drug-likeness (QED) is 0.220. The lowest BCUT2D eigenvalue weighted by Crippen LogP contribution is -2.30. The number of thioether (sulfide) groups is 1. The molecular weight excluding hydrogens is 428 g/mol. The molecular formula is C23H30N4O2S2. The van der Waals surface area contributed by atoms with E-state index in [4.69, 9.17) is 0 Å². The van der Waals surface area contributed by atoms with Crippen LogP contribution in [0.1, 0.15) is 73.6 Å². The molecule has 0 unspecified atom stereocenters. The molecule has 2 aromatic rings. The van der Waals surface area contributed by atoms with E-state index in [1.54, 1.807) is 17.4 Å². The van der Waals surface area contributed by atoms with Crippen molar-refractivity contribution in [1.29, 1.82) is 0 Å². The maximum absolute atomic E-state index is 12.9. The van der Waals surface area contributed by atoms with E-state index >= 15 is 0 Å². The zero-order valence-corrected chi connectivity index (χ0v) is 20.2. The van der Waals surface area contributed by atoms with E-state index in [0.717, 1.165) is 47.1 Å². The summed E-state index contributed by atoms with van der Waals surface area (Å²) in [5.74, 6) is 0.444. The van der Waals surface area contributed by atoms with Gasteiger partial charge in [0.15, 0.2) is 10.1 Å². The Labute approximate surface area is 192 Å². The fourth-order valence-electron chi connectivity index (χ4n) is 4.26. The van der Waals surface area contributed by atoms with E-state index in [1.165, 1.54) is 48.8 Å². The molecule has 6 nitrogen and oxygen atoms in total. The molecule has 1 fully saturated rings. The number of Topliss-reactive ketones (excluding diaryl/α,β-unsaturated/α-hetero) is 1. The molecule has 0 radical (unpaired) electrons. The Morgan fingerprint density at radius 1 is 1.26 bits per heavy atom. The number of hydrogen-bond acceptors (Lipinski definition) is 6. The molecule has 2 aliphatic carbocycles. The van der Waals surface area contributed by atoms with E-state index < -0.39 is 0 Å². The number of aromatic nitrogens is 3. The fourth-order valence-corrected chi connectivity index (χ4v) is 6.10. The van der Waals surface area contributed by atoms with Crippen molar-refractivity contribution >= 4 is 39.9 Å². The summed E-state index contributed by atoms with van der Waals surface area (Å²) in [4.78, 5) is 26.6. The van der Waals surface area contributed by atoms with Gasteiger partial charge in [0.05, 0.1) is 5.75 Å². The second-order valence-electron chi connectivity index (χ2n) is 8.48. The third-order valence-electron chi connectivity index (χ3n) is 6.10. The van der Waals surface area contributed by atoms with Gasteiger partial charge in [0, 0.05) is 36.5 Å². The van der Waals surface area contributed by atoms with E-state index in [0.29, 0.717) is 10.9 Å². The molecule has 0 aliphatic heterocycles. The predicted molar refractivity (Wildman–Crippen MR) is 126 cm³/mol. The van der Waals surface area contributed by atoms with Crippen molar-refractivity contribution in [2.75, 3.05) is 10.7 Å². The van der Waals surface area contributed by atoms with Crippen LogP contribution in [-0.2, 0) is 11.3 Å². The second kappa shape index (κ2) is 9.69. The Morgan fingerprint density at radius 3 is 2.74 bits per heavy atom. The molecule has 0 atom stereocenters. The number of ketones is 1. The SMILES string of the molecule is CC(=O)N(c1nnc(SCC(=O)c2cc(C)n(CCC3=CCCCC3)c2C)s1)C1CC1. The van der Waals surface area contributed by atoms with Crippen molar-refractivity contribution in [2.45, 2.75) is 82.6 Å². The molecule has 2 aromatic heterocycles. The summed E-state index contributed by atoms with van der Waals surface area (Å²) in [5.41, 5.74) is 4.55. The third kappa shape index (κ3) is 5.29. The first-order chi connectivity index (χ1) is 14.9. The number of hydrogen-bond donors (Lipinski definition) is 0. The molecule has 0 aromatic carbocycles. The number of carbonyl (C=O) groups is 2. The Morgan fingerprint density at radius 2 is 2.06 bits per heavy atom. The molecule has 2 aliphatic rings. The van der Waals surface area contributed by atoms with Crippen LogP contribution >= 0.6 is 23.1 Å². The van der Waals surface area contributed by atoms with E-state index in [9.17, 15) is 9.59 Å². The molecule has 0 N–H and O–H groups in total. The van der Waals surface area contributed by atoms with Gasteiger partial charge in [0.25, 0.3) is 0 Å². The number of aryl methyl sites for hydroxylation is 1. The molecule has 1 saturated carbocycles. The van der Waals surface area contributed by atoms with Crippen molar-refractivity contribution in [3.8, 4) is 0 Å². The zero-order chi connectivity index (χ0) is 22.0. The highest BCUT2D eigenvalue weighted by Gasteiger charge is 2.34. The predicted octanol–water partition coefficient (Wildman–Crippen LogP) is 5.34. The van der Waals surface area contributed by atoms with Crippen molar-refractivity contribution < 1.29 is 9.59 Å². The Kier molecular flexibility index (Phi) is 6.96. The molecule has 31 heavy (non-hydrogen) atoms. The number of carbonyl (C=O) groups excluding carboxylic acids is 2. The summed E-state index contributed by atoms with van der Waals surface area (Å²) >= 11 is 2.80. The normalized spacial score (nSPS) is 16.3. The molecule has 1 amide bonds. The molecule has 166 valence electrons. The fraction of sp³-hybridized carbons (Fsp3) is 0.565. The molecule has 0 saturated heterocycles. The van der Waals surface area contributed by atoms with Gasteiger partial charge in [-0.15, -0.1) is 10.2 Å². The molecule has 4 rings (SSSR count). The molecule has 0 spiro atoms. The van der Waals surface area contributed by atoms with Crippen LogP contribution < -0.4 is 4.90 Å². The monoisotopic (exact) mass is 458 g/mol. The van der Waals surface area contributed by atoms with Gasteiger partial charge in [-0.3, -0.25) is 14.5 Å². The lowest BCUT2D eigenvalue weighted by molar-refractivity contribution is -0.116. The maximum Gasteiger partial charge on any atom is 0.225 e. The Hall–Kier alpha value is -1.93. The van der Waals surface area contributed by atoms with Crippen LogP contribution in [0.3, 0.4) is 0 Å². The lowest BCUT2D eigenvalue weighted by Gasteiger charge is -2.15. The Balaban J connectivity index is 1.37. The summed E-state index contributed by atoms with van der Waals surface area (Å²) < 4.78 is 3.00. The minimum Gasteiger partial charge on any atom is -0.348 e. The average Bonchev–Trinajstić information content (AvgIpc) is 3.39. The number of allylic oxidation sites excluding steroid dienone is 2. The van der Waals surface area contributed by atoms with Gasteiger partial charge >= 0.3 is 0 Å². The van der Waals surface area contributed by atoms with Gasteiger partial charge in [-0.2, -0.15) is 0 Å². The van der Waals surface area contributed by atoms with Gasteiger partial charge < -0.3 is 4.57 Å². The first-order valence-electron chi connectivity index (χ1n) is 11.1. The number of nitrogens with zero attached hydrogens (tertiary/aromatic N) is 4. The minimum absolute atomic E-state index is 0.00251. The second-order valence-corrected chi connectivity index (χ2v) is 10.7. The summed E-state index contributed by atoms with van der Waals surface area (Å²) in [6, 6.07) is 2.28. The van der Waals surface area contributed by atoms with E-state index in [1.807, 2.05) is 13.0 Å². The van der Waals surface area contributed by atoms with Crippen LogP contribution in [0.15, 0.2) is 22.1 Å². The first-order valence-corrected chi connectivity index (χ1v) is 12.9. The van der Waals surface area contributed by atoms with Crippen LogP contribution in [0.4, 0.5) is 5.13 Å². The Bertz CT molecular complexity index is 1000. The van der Waals surface area contributed by atoms with Crippen molar-refractivity contribution in [3.63, 3.8) is 0 Å². The lowest BCUT2D eigenvalue weighted by atomic mass is 9.97. The summed E-state index contributed by atoms with van der Waals surface area (Å²) in [7, 11) is 0. The summed E-state index contributed by atoms with van der Waals surface area (Å²) in [6.07, 6.45) is 10.5. The zero-order valence-electron chi connectivity index (χ0n) is 18.5. The largest absolute Gasteiger partial charge is 0.348 e. The van der Waals surface area contributed by atoms with E-state index in [2.05, 4.69) is 27.8 Å². The van der Waals surface area contributed by atoms with Crippen molar-refractivity contribution in [3.05, 3.63) is 34.7 Å². The summed E-state index contributed by atoms with van der Waals surface area (Å²) in [6.45, 7) is 6.63. The van der Waals surface area contributed by atoms with Gasteiger partial charge in [-0.25, -0.2) is 0 Å². The van der Waals surface area contributed by atoms with Gasteiger partial charge in [0.2, 0.25) is 11.0 Å². The van der Waals surface area contributed by atoms with Gasteiger partial charge in [0.1, 0.15) is 0 Å². The van der Waals surface area contributed by atoms with E-state index in [-0.39, 0.29) is 17.7 Å². The first kappa shape index (κ1) is 22.3. The number of rotatable bonds is 9. The van der Waals surface area contributed by atoms with Crippen LogP contribution in [0.5, 0.6) is 0 Å². The highest BCUT2D eigenvalue weighted by Crippen LogP contribution is 2.36. The van der Waals surface area contributed by atoms with Crippen LogP contribution in [0.2, 0.25) is 0 Å². The highest BCUT2D eigenvalue weighted by molar-refractivity contribution is 8.01. The highest BCUT2D eigenvalue weighted by atomic mass is 32.2. The van der Waals surface area contributed by atoms with Crippen molar-refractivity contribution in [1.82, 2.24) is 14.8 Å². The number of anilines is 1. The topological polar surface area (TPSA) is 68.1 Å². The average molecular weight is 459 g/mol. The van der Waals surface area contributed by atoms with Gasteiger partial charge in [-0.1, -0.05) is 34.7 Å². The molecule has 0 bridgehead atoms. The van der Waals surface area contributed by atoms with Crippen molar-refractivity contribution in [2.24, 2.45) is 0 Å². The van der Waals surface area contributed by atoms with Crippen LogP contribution in [-0.4, -0.2) is 38.2 Å². The standard InChI is InChI=1S/C23H30N4O2S2/c1-15-13-20(16(2)26(15)12-11-18-7-5-4-6-8-18)21(29)14-30-23-25-24-22(31-23)27(17(3)28)19-9-10-19/h7,13,19H,4-6,8-12,14H2,1-3H3. The van der Waals surface area contributed by atoms with Gasteiger partial charge in [-0.05, 0) is 64.9 Å². The third-order valence-corrected chi connectivity index (χ3v) is 8.15.